The lowest BCUT2D eigenvalue weighted by Gasteiger charge is -2.38. The van der Waals surface area contributed by atoms with Crippen LogP contribution in [-0.4, -0.2) is 32.0 Å². The maximum absolute atomic E-state index is 6.50. The van der Waals surface area contributed by atoms with Crippen molar-refractivity contribution in [3.8, 4) is 17.2 Å². The molecule has 0 amide bonds. The molecule has 5 rings (SSSR count). The van der Waals surface area contributed by atoms with Gasteiger partial charge in [0.2, 0.25) is 0 Å². The normalized spacial score (nSPS) is 18.7. The predicted octanol–water partition coefficient (Wildman–Crippen LogP) is 5.60. The van der Waals surface area contributed by atoms with Crippen molar-refractivity contribution in [3.63, 3.8) is 0 Å². The summed E-state index contributed by atoms with van der Waals surface area (Å²) >= 11 is 0. The van der Waals surface area contributed by atoms with Crippen molar-refractivity contribution in [1.82, 2.24) is 0 Å². The van der Waals surface area contributed by atoms with Crippen LogP contribution in [0.4, 0.5) is 0 Å². The largest absolute Gasteiger partial charge is 0.497 e. The highest BCUT2D eigenvalue weighted by Crippen LogP contribution is 2.49. The molecule has 1 unspecified atom stereocenters. The van der Waals surface area contributed by atoms with Gasteiger partial charge in [-0.1, -0.05) is 42.5 Å². The van der Waals surface area contributed by atoms with E-state index in [4.69, 9.17) is 18.9 Å². The molecule has 2 aliphatic heterocycles. The van der Waals surface area contributed by atoms with Gasteiger partial charge < -0.3 is 18.9 Å². The van der Waals surface area contributed by atoms with E-state index in [2.05, 4.69) is 56.3 Å². The minimum absolute atomic E-state index is 0.241. The number of fused-ring (bicyclic) bond motifs is 1. The zero-order valence-corrected chi connectivity index (χ0v) is 18.1. The van der Waals surface area contributed by atoms with Crippen LogP contribution in [0.1, 0.15) is 30.5 Å². The summed E-state index contributed by atoms with van der Waals surface area (Å²) < 4.78 is 23.0. The molecular weight excluding hydrogens is 388 g/mol. The molecule has 2 heterocycles. The first kappa shape index (κ1) is 19.7. The summed E-state index contributed by atoms with van der Waals surface area (Å²) in [5.41, 5.74) is 5.13. The van der Waals surface area contributed by atoms with Crippen LogP contribution < -0.4 is 14.2 Å². The predicted molar refractivity (Wildman–Crippen MR) is 122 cm³/mol. The highest BCUT2D eigenvalue weighted by molar-refractivity contribution is 6.04. The maximum atomic E-state index is 6.50. The van der Waals surface area contributed by atoms with E-state index in [0.717, 1.165) is 51.7 Å². The SMILES string of the molecule is COc1ccc2c(c1)OC(C)(C)C(c1ccccc1)=C2c1ccc(OCC2CO2)cc1. The smallest absolute Gasteiger partial charge is 0.132 e. The van der Waals surface area contributed by atoms with Crippen LogP contribution in [0.2, 0.25) is 0 Å². The molecule has 0 N–H and O–H groups in total. The summed E-state index contributed by atoms with van der Waals surface area (Å²) in [5, 5.41) is 0. The summed E-state index contributed by atoms with van der Waals surface area (Å²) in [6, 6.07) is 24.8. The Morgan fingerprint density at radius 1 is 0.903 bits per heavy atom. The number of hydrogen-bond donors (Lipinski definition) is 0. The van der Waals surface area contributed by atoms with Crippen LogP contribution in [0.15, 0.2) is 72.8 Å². The second kappa shape index (κ2) is 7.78. The molecular formula is C27H26O4. The van der Waals surface area contributed by atoms with Gasteiger partial charge in [0.05, 0.1) is 13.7 Å². The number of ether oxygens (including phenoxy) is 4. The van der Waals surface area contributed by atoms with E-state index in [1.54, 1.807) is 7.11 Å². The van der Waals surface area contributed by atoms with E-state index >= 15 is 0 Å². The van der Waals surface area contributed by atoms with E-state index in [1.807, 2.05) is 30.3 Å². The molecule has 0 spiro atoms. The third-order valence-electron chi connectivity index (χ3n) is 5.72. The number of methoxy groups -OCH3 is 1. The third-order valence-corrected chi connectivity index (χ3v) is 5.72. The van der Waals surface area contributed by atoms with Crippen molar-refractivity contribution in [2.45, 2.75) is 25.6 Å². The van der Waals surface area contributed by atoms with Gasteiger partial charge in [-0.25, -0.2) is 0 Å². The zero-order chi connectivity index (χ0) is 21.4. The lowest BCUT2D eigenvalue weighted by molar-refractivity contribution is 0.168. The first-order valence-corrected chi connectivity index (χ1v) is 10.6. The number of benzene rings is 3. The molecule has 158 valence electrons. The minimum atomic E-state index is -0.519. The number of epoxide rings is 1. The summed E-state index contributed by atoms with van der Waals surface area (Å²) in [6.07, 6.45) is 0.241. The summed E-state index contributed by atoms with van der Waals surface area (Å²) in [4.78, 5) is 0. The summed E-state index contributed by atoms with van der Waals surface area (Å²) in [7, 11) is 1.67. The third kappa shape index (κ3) is 3.91. The van der Waals surface area contributed by atoms with Crippen molar-refractivity contribution in [3.05, 3.63) is 89.5 Å². The molecule has 0 saturated carbocycles. The van der Waals surface area contributed by atoms with Gasteiger partial charge >= 0.3 is 0 Å². The van der Waals surface area contributed by atoms with Crippen LogP contribution in [0.3, 0.4) is 0 Å². The lowest BCUT2D eigenvalue weighted by Crippen LogP contribution is -2.34. The minimum Gasteiger partial charge on any atom is -0.497 e. The average molecular weight is 415 g/mol. The van der Waals surface area contributed by atoms with E-state index < -0.39 is 5.60 Å². The first-order valence-electron chi connectivity index (χ1n) is 10.6. The van der Waals surface area contributed by atoms with Crippen LogP contribution in [0, 0.1) is 0 Å². The van der Waals surface area contributed by atoms with Crippen LogP contribution in [0.25, 0.3) is 11.1 Å². The fraction of sp³-hybridized carbons (Fsp3) is 0.259. The standard InChI is InChI=1S/C27H26O4/c1-27(2)26(19-7-5-4-6-8-19)25(23-14-13-21(28-3)15-24(23)31-27)18-9-11-20(12-10-18)29-16-22-17-30-22/h4-15,22H,16-17H2,1-3H3. The molecule has 2 aliphatic rings. The monoisotopic (exact) mass is 414 g/mol. The Labute approximate surface area is 183 Å². The van der Waals surface area contributed by atoms with Gasteiger partial charge in [0.25, 0.3) is 0 Å². The van der Waals surface area contributed by atoms with E-state index in [1.165, 1.54) is 0 Å². The second-order valence-corrected chi connectivity index (χ2v) is 8.38. The van der Waals surface area contributed by atoms with Crippen molar-refractivity contribution >= 4 is 11.1 Å². The Kier molecular flexibility index (Phi) is 4.95. The average Bonchev–Trinajstić information content (AvgIpc) is 3.61. The molecule has 3 aromatic carbocycles. The fourth-order valence-electron chi connectivity index (χ4n) is 4.15. The molecule has 0 radical (unpaired) electrons. The van der Waals surface area contributed by atoms with Crippen molar-refractivity contribution in [2.75, 3.05) is 20.3 Å². The maximum Gasteiger partial charge on any atom is 0.132 e. The highest BCUT2D eigenvalue weighted by atomic mass is 16.6. The second-order valence-electron chi connectivity index (χ2n) is 8.38. The Hall–Kier alpha value is -3.24. The zero-order valence-electron chi connectivity index (χ0n) is 18.1. The molecule has 31 heavy (non-hydrogen) atoms. The Bertz CT molecular complexity index is 1110. The quantitative estimate of drug-likeness (QED) is 0.492. The summed E-state index contributed by atoms with van der Waals surface area (Å²) in [5.74, 6) is 2.45. The number of hydrogen-bond acceptors (Lipinski definition) is 4. The molecule has 1 saturated heterocycles. The molecule has 0 aromatic heterocycles. The van der Waals surface area contributed by atoms with Gasteiger partial charge in [0.15, 0.2) is 0 Å². The molecule has 1 fully saturated rings. The van der Waals surface area contributed by atoms with Crippen molar-refractivity contribution in [1.29, 1.82) is 0 Å². The molecule has 1 atom stereocenters. The van der Waals surface area contributed by atoms with Crippen molar-refractivity contribution < 1.29 is 18.9 Å². The number of rotatable bonds is 6. The van der Waals surface area contributed by atoms with Gasteiger partial charge in [-0.2, -0.15) is 0 Å². The van der Waals surface area contributed by atoms with Gasteiger partial charge in [0, 0.05) is 22.8 Å². The van der Waals surface area contributed by atoms with Gasteiger partial charge in [-0.15, -0.1) is 0 Å². The van der Waals surface area contributed by atoms with Gasteiger partial charge in [-0.3, -0.25) is 0 Å². The Morgan fingerprint density at radius 2 is 1.61 bits per heavy atom. The summed E-state index contributed by atoms with van der Waals surface area (Å²) in [6.45, 7) is 5.62. The van der Waals surface area contributed by atoms with Crippen LogP contribution in [0.5, 0.6) is 17.2 Å². The Morgan fingerprint density at radius 3 is 2.29 bits per heavy atom. The Balaban J connectivity index is 1.65. The molecule has 0 bridgehead atoms. The highest BCUT2D eigenvalue weighted by Gasteiger charge is 2.36. The lowest BCUT2D eigenvalue weighted by atomic mass is 9.79. The van der Waals surface area contributed by atoms with E-state index in [-0.39, 0.29) is 6.10 Å². The molecule has 0 aliphatic carbocycles. The van der Waals surface area contributed by atoms with Crippen LogP contribution >= 0.6 is 0 Å². The van der Waals surface area contributed by atoms with E-state index in [0.29, 0.717) is 6.61 Å². The van der Waals surface area contributed by atoms with E-state index in [9.17, 15) is 0 Å². The molecule has 4 heteroatoms. The fourth-order valence-corrected chi connectivity index (χ4v) is 4.15. The van der Waals surface area contributed by atoms with Gasteiger partial charge in [0.1, 0.15) is 35.6 Å². The first-order chi connectivity index (χ1) is 15.0. The molecule has 4 nitrogen and oxygen atoms in total. The topological polar surface area (TPSA) is 40.2 Å². The van der Waals surface area contributed by atoms with Gasteiger partial charge in [-0.05, 0) is 49.2 Å². The molecule has 3 aromatic rings. The van der Waals surface area contributed by atoms with Crippen LogP contribution in [-0.2, 0) is 4.74 Å². The van der Waals surface area contributed by atoms with Crippen molar-refractivity contribution in [2.24, 2.45) is 0 Å².